The van der Waals surface area contributed by atoms with Crippen LogP contribution in [0.2, 0.25) is 0 Å². The molecule has 0 radical (unpaired) electrons. The standard InChI is InChI=1S/C36H43N3O5S/c1-6-44-27-16-14-25(15-17-27)37-20-10-18-35(5)28(31(37)41)29-32(42)39(26(23-40)22-24-12-8-7-9-13-24)30-33(43)38(34(2,3)4)21-11-19-36(29,30)45-35/h7-19,26,28-30,40H,6,20-23H2,1-5H3/t26-,28-,29+,30?,35+,36+/m1/s1. The predicted octanol–water partition coefficient (Wildman–Crippen LogP) is 4.48. The van der Waals surface area contributed by atoms with Crippen LogP contribution >= 0.6 is 11.8 Å². The molecule has 0 saturated carbocycles. The molecule has 2 aromatic carbocycles. The lowest BCUT2D eigenvalue weighted by molar-refractivity contribution is -0.148. The fourth-order valence-corrected chi connectivity index (χ4v) is 9.86. The van der Waals surface area contributed by atoms with Gasteiger partial charge in [-0.05, 0) is 70.9 Å². The molecule has 1 unspecified atom stereocenters. The minimum atomic E-state index is -0.987. The van der Waals surface area contributed by atoms with E-state index in [1.807, 2.05) is 112 Å². The Morgan fingerprint density at radius 1 is 0.933 bits per heavy atom. The number of amides is 3. The Balaban J connectivity index is 1.46. The maximum absolute atomic E-state index is 15.0. The number of carbonyl (C=O) groups is 3. The fourth-order valence-electron chi connectivity index (χ4n) is 7.72. The summed E-state index contributed by atoms with van der Waals surface area (Å²) in [5.41, 5.74) is 1.20. The van der Waals surface area contributed by atoms with Gasteiger partial charge in [0.25, 0.3) is 0 Å². The van der Waals surface area contributed by atoms with Gasteiger partial charge in [0.1, 0.15) is 11.8 Å². The molecule has 45 heavy (non-hydrogen) atoms. The topological polar surface area (TPSA) is 90.4 Å². The molecule has 238 valence electrons. The van der Waals surface area contributed by atoms with Gasteiger partial charge in [-0.25, -0.2) is 0 Å². The van der Waals surface area contributed by atoms with Crippen LogP contribution in [-0.2, 0) is 20.8 Å². The van der Waals surface area contributed by atoms with Gasteiger partial charge < -0.3 is 24.5 Å². The summed E-state index contributed by atoms with van der Waals surface area (Å²) in [4.78, 5) is 49.6. The highest BCUT2D eigenvalue weighted by molar-refractivity contribution is 8.02. The largest absolute Gasteiger partial charge is 0.494 e. The maximum Gasteiger partial charge on any atom is 0.247 e. The van der Waals surface area contributed by atoms with Gasteiger partial charge in [0, 0.05) is 29.1 Å². The van der Waals surface area contributed by atoms with Crippen molar-refractivity contribution in [3.8, 4) is 5.75 Å². The van der Waals surface area contributed by atoms with Crippen LogP contribution in [0.1, 0.15) is 40.2 Å². The zero-order valence-corrected chi connectivity index (χ0v) is 27.5. The number of hydrogen-bond donors (Lipinski definition) is 1. The molecule has 0 bridgehead atoms. The average molecular weight is 630 g/mol. The Labute approximate surface area is 270 Å². The number of benzene rings is 2. The highest BCUT2D eigenvalue weighted by Crippen LogP contribution is 2.66. The van der Waals surface area contributed by atoms with Gasteiger partial charge in [-0.1, -0.05) is 54.6 Å². The molecule has 6 atom stereocenters. The summed E-state index contributed by atoms with van der Waals surface area (Å²) in [5, 5.41) is 10.8. The molecule has 0 aliphatic carbocycles. The summed E-state index contributed by atoms with van der Waals surface area (Å²) in [7, 11) is 0. The van der Waals surface area contributed by atoms with Crippen molar-refractivity contribution in [3.63, 3.8) is 0 Å². The maximum atomic E-state index is 15.0. The zero-order valence-electron chi connectivity index (χ0n) is 26.7. The molecule has 1 N–H and O–H groups in total. The van der Waals surface area contributed by atoms with Crippen molar-refractivity contribution in [2.45, 2.75) is 68.2 Å². The molecule has 0 aromatic heterocycles. The highest BCUT2D eigenvalue weighted by atomic mass is 32.2. The number of aliphatic hydroxyl groups excluding tert-OH is 1. The molecular weight excluding hydrogens is 586 g/mol. The molecular formula is C36H43N3O5S. The summed E-state index contributed by atoms with van der Waals surface area (Å²) >= 11 is 1.56. The summed E-state index contributed by atoms with van der Waals surface area (Å²) in [6.07, 6.45) is 8.50. The second-order valence-corrected chi connectivity index (χ2v) is 15.4. The summed E-state index contributed by atoms with van der Waals surface area (Å²) in [6, 6.07) is 15.7. The zero-order chi connectivity index (χ0) is 32.1. The third-order valence-corrected chi connectivity index (χ3v) is 11.5. The number of rotatable bonds is 7. The molecule has 8 nitrogen and oxygen atoms in total. The van der Waals surface area contributed by atoms with E-state index in [1.165, 1.54) is 0 Å². The van der Waals surface area contributed by atoms with E-state index in [-0.39, 0.29) is 24.3 Å². The Kier molecular flexibility index (Phi) is 8.14. The van der Waals surface area contributed by atoms with E-state index in [4.69, 9.17) is 4.74 Å². The van der Waals surface area contributed by atoms with E-state index < -0.39 is 39.0 Å². The summed E-state index contributed by atoms with van der Waals surface area (Å²) in [5.74, 6) is -1.33. The van der Waals surface area contributed by atoms with E-state index in [9.17, 15) is 19.5 Å². The first-order valence-electron chi connectivity index (χ1n) is 15.8. The predicted molar refractivity (Wildman–Crippen MR) is 177 cm³/mol. The van der Waals surface area contributed by atoms with E-state index in [0.717, 1.165) is 17.0 Å². The number of aliphatic hydroxyl groups is 1. The van der Waals surface area contributed by atoms with Crippen molar-refractivity contribution in [1.82, 2.24) is 9.80 Å². The number of carbonyl (C=O) groups excluding carboxylic acids is 3. The van der Waals surface area contributed by atoms with Gasteiger partial charge in [0.15, 0.2) is 0 Å². The monoisotopic (exact) mass is 629 g/mol. The Morgan fingerprint density at radius 3 is 2.27 bits per heavy atom. The van der Waals surface area contributed by atoms with Gasteiger partial charge in [-0.15, -0.1) is 11.8 Å². The molecule has 4 aliphatic rings. The number of thioether (sulfide) groups is 1. The van der Waals surface area contributed by atoms with Crippen molar-refractivity contribution in [1.29, 1.82) is 0 Å². The molecule has 4 aliphatic heterocycles. The minimum Gasteiger partial charge on any atom is -0.494 e. The number of ether oxygens (including phenoxy) is 1. The number of hydrogen-bond acceptors (Lipinski definition) is 6. The van der Waals surface area contributed by atoms with Crippen molar-refractivity contribution >= 4 is 35.2 Å². The molecule has 4 heterocycles. The fraction of sp³-hybridized carbons (Fsp3) is 0.472. The van der Waals surface area contributed by atoms with Crippen molar-refractivity contribution in [2.75, 3.05) is 31.2 Å². The quantitative estimate of drug-likeness (QED) is 0.455. The van der Waals surface area contributed by atoms with Crippen LogP contribution in [-0.4, -0.2) is 86.0 Å². The van der Waals surface area contributed by atoms with E-state index in [1.54, 1.807) is 21.6 Å². The summed E-state index contributed by atoms with van der Waals surface area (Å²) < 4.78 is 3.91. The van der Waals surface area contributed by atoms with E-state index >= 15 is 0 Å². The number of fused-ring (bicyclic) bond motifs is 2. The van der Waals surface area contributed by atoms with Gasteiger partial charge in [0.05, 0.1) is 35.8 Å². The van der Waals surface area contributed by atoms with Crippen LogP contribution in [0, 0.1) is 11.8 Å². The van der Waals surface area contributed by atoms with Gasteiger partial charge in [-0.2, -0.15) is 0 Å². The number of nitrogens with zero attached hydrogens (tertiary/aromatic N) is 3. The van der Waals surface area contributed by atoms with Gasteiger partial charge in [-0.3, -0.25) is 14.4 Å². The van der Waals surface area contributed by atoms with Gasteiger partial charge >= 0.3 is 0 Å². The van der Waals surface area contributed by atoms with Crippen molar-refractivity contribution in [3.05, 3.63) is 84.5 Å². The van der Waals surface area contributed by atoms with Crippen LogP contribution in [0.15, 0.2) is 78.9 Å². The first-order valence-corrected chi connectivity index (χ1v) is 16.6. The van der Waals surface area contributed by atoms with Gasteiger partial charge in [0.2, 0.25) is 17.7 Å². The Bertz CT molecular complexity index is 1520. The lowest BCUT2D eigenvalue weighted by Crippen LogP contribution is -2.60. The first kappa shape index (κ1) is 31.4. The first-order chi connectivity index (χ1) is 21.4. The average Bonchev–Trinajstić information content (AvgIpc) is 3.27. The normalized spacial score (nSPS) is 30.1. The van der Waals surface area contributed by atoms with Crippen molar-refractivity contribution in [2.24, 2.45) is 11.8 Å². The minimum absolute atomic E-state index is 0.142. The highest BCUT2D eigenvalue weighted by Gasteiger charge is 2.74. The molecule has 2 saturated heterocycles. The van der Waals surface area contributed by atoms with Crippen LogP contribution < -0.4 is 9.64 Å². The molecule has 3 amide bonds. The Hall–Kier alpha value is -3.56. The summed E-state index contributed by atoms with van der Waals surface area (Å²) in [6.45, 7) is 11.0. The molecule has 2 fully saturated rings. The van der Waals surface area contributed by atoms with Crippen LogP contribution in [0.4, 0.5) is 5.69 Å². The number of likely N-dealkylation sites (tertiary alicyclic amines) is 1. The molecule has 2 aromatic rings. The second kappa shape index (κ2) is 11.7. The van der Waals surface area contributed by atoms with E-state index in [0.29, 0.717) is 26.1 Å². The SMILES string of the molecule is CCOc1ccc(N2CC=C[C@]3(C)S[C@]45C=CCN(C(C)(C)C)C(=O)C4N([C@@H](CO)Cc4ccccc4)C(=O)[C@@H]5[C@@H]3C2=O)cc1. The molecule has 6 rings (SSSR count). The van der Waals surface area contributed by atoms with E-state index in [2.05, 4.69) is 6.08 Å². The lowest BCUT2D eigenvalue weighted by atomic mass is 9.74. The smallest absolute Gasteiger partial charge is 0.247 e. The Morgan fingerprint density at radius 2 is 1.62 bits per heavy atom. The lowest BCUT2D eigenvalue weighted by Gasteiger charge is -2.42. The third kappa shape index (κ3) is 5.18. The van der Waals surface area contributed by atoms with Crippen LogP contribution in [0.25, 0.3) is 0 Å². The second-order valence-electron chi connectivity index (χ2n) is 13.6. The third-order valence-electron chi connectivity index (χ3n) is 9.68. The van der Waals surface area contributed by atoms with Crippen LogP contribution in [0.3, 0.4) is 0 Å². The molecule has 1 spiro atoms. The number of anilines is 1. The van der Waals surface area contributed by atoms with Crippen molar-refractivity contribution < 1.29 is 24.2 Å². The molecule has 9 heteroatoms. The van der Waals surface area contributed by atoms with Crippen LogP contribution in [0.5, 0.6) is 5.75 Å².